The highest BCUT2D eigenvalue weighted by atomic mass is 15.0. The molecule has 3 heteroatoms. The largest absolute Gasteiger partial charge is 0.344 e. The van der Waals surface area contributed by atoms with Gasteiger partial charge in [-0.2, -0.15) is 0 Å². The standard InChI is InChI=1S/C46H33N3/c1-46(2)34-18-10-7-15-30(34)42-35(46)23-24-39-44(42)32-17-9-12-20-37(32)49(39)29-21-22-33-41(27-29)48(28-13-5-4-6-14-28)40-26-25-38-43(45(33)40)31-16-8-11-19-36(31)47(38)3/h4-27H,1-3H3. The van der Waals surface area contributed by atoms with Crippen molar-refractivity contribution in [2.75, 3.05) is 0 Å². The molecule has 10 aromatic rings. The van der Waals surface area contributed by atoms with Crippen LogP contribution in [0, 0.1) is 0 Å². The molecule has 3 aromatic heterocycles. The van der Waals surface area contributed by atoms with Gasteiger partial charge in [0.05, 0.1) is 22.1 Å². The minimum absolute atomic E-state index is 0.0498. The second-order valence-corrected chi connectivity index (χ2v) is 14.2. The SMILES string of the molecule is Cn1c2ccccc2c2c3c4ccc(-n5c6ccccc6c6c7c(ccc65)C(C)(C)c5ccccc5-7)cc4n(-c4ccccc4)c3ccc21. The molecule has 0 amide bonds. The van der Waals surface area contributed by atoms with Crippen LogP contribution in [0.4, 0.5) is 0 Å². The van der Waals surface area contributed by atoms with E-state index in [4.69, 9.17) is 0 Å². The number of fused-ring (bicyclic) bond motifs is 14. The van der Waals surface area contributed by atoms with Gasteiger partial charge in [-0.05, 0) is 76.9 Å². The van der Waals surface area contributed by atoms with E-state index in [1.165, 1.54) is 93.4 Å². The Morgan fingerprint density at radius 1 is 0.408 bits per heavy atom. The van der Waals surface area contributed by atoms with Crippen molar-refractivity contribution in [3.63, 3.8) is 0 Å². The van der Waals surface area contributed by atoms with E-state index in [0.717, 1.165) is 5.69 Å². The van der Waals surface area contributed by atoms with Crippen molar-refractivity contribution in [1.29, 1.82) is 0 Å². The quantitative estimate of drug-likeness (QED) is 0.181. The number of hydrogen-bond donors (Lipinski definition) is 0. The topological polar surface area (TPSA) is 14.8 Å². The summed E-state index contributed by atoms with van der Waals surface area (Å²) in [5.41, 5.74) is 15.2. The molecule has 0 saturated carbocycles. The number of aromatic nitrogens is 3. The van der Waals surface area contributed by atoms with Crippen molar-refractivity contribution in [1.82, 2.24) is 13.7 Å². The van der Waals surface area contributed by atoms with E-state index in [9.17, 15) is 0 Å². The summed E-state index contributed by atoms with van der Waals surface area (Å²) >= 11 is 0. The minimum atomic E-state index is -0.0498. The monoisotopic (exact) mass is 627 g/mol. The molecule has 0 radical (unpaired) electrons. The normalized spacial score (nSPS) is 13.8. The highest BCUT2D eigenvalue weighted by Crippen LogP contribution is 2.53. The molecule has 1 aliphatic rings. The number of para-hydroxylation sites is 3. The first-order valence-electron chi connectivity index (χ1n) is 17.2. The third-order valence-electron chi connectivity index (χ3n) is 11.4. The average Bonchev–Trinajstić information content (AvgIpc) is 3.82. The fourth-order valence-electron chi connectivity index (χ4n) is 9.27. The Bertz CT molecular complexity index is 3020. The smallest absolute Gasteiger partial charge is 0.0562 e. The first-order chi connectivity index (χ1) is 24.0. The highest BCUT2D eigenvalue weighted by Gasteiger charge is 2.37. The van der Waals surface area contributed by atoms with Crippen molar-refractivity contribution in [3.05, 3.63) is 157 Å². The van der Waals surface area contributed by atoms with Gasteiger partial charge in [-0.3, -0.25) is 0 Å². The van der Waals surface area contributed by atoms with Crippen LogP contribution in [0.15, 0.2) is 146 Å². The second kappa shape index (κ2) is 9.30. The lowest BCUT2D eigenvalue weighted by molar-refractivity contribution is 0.661. The Balaban J connectivity index is 1.28. The van der Waals surface area contributed by atoms with Gasteiger partial charge in [-0.15, -0.1) is 0 Å². The Labute approximate surface area is 283 Å². The van der Waals surface area contributed by atoms with E-state index < -0.39 is 0 Å². The lowest BCUT2D eigenvalue weighted by Gasteiger charge is -2.21. The molecule has 0 aliphatic heterocycles. The van der Waals surface area contributed by atoms with Gasteiger partial charge < -0.3 is 13.7 Å². The van der Waals surface area contributed by atoms with E-state index >= 15 is 0 Å². The molecular weight excluding hydrogens is 595 g/mol. The zero-order valence-electron chi connectivity index (χ0n) is 27.7. The van der Waals surface area contributed by atoms with E-state index in [1.54, 1.807) is 0 Å². The lowest BCUT2D eigenvalue weighted by atomic mass is 9.82. The van der Waals surface area contributed by atoms with Crippen LogP contribution >= 0.6 is 0 Å². The Morgan fingerprint density at radius 3 is 1.84 bits per heavy atom. The zero-order valence-corrected chi connectivity index (χ0v) is 27.7. The molecule has 3 heterocycles. The van der Waals surface area contributed by atoms with Gasteiger partial charge in [0.15, 0.2) is 0 Å². The van der Waals surface area contributed by atoms with Crippen molar-refractivity contribution >= 4 is 65.4 Å². The third-order valence-corrected chi connectivity index (χ3v) is 11.4. The molecule has 0 saturated heterocycles. The summed E-state index contributed by atoms with van der Waals surface area (Å²) in [7, 11) is 2.18. The van der Waals surface area contributed by atoms with Gasteiger partial charge >= 0.3 is 0 Å². The molecule has 49 heavy (non-hydrogen) atoms. The van der Waals surface area contributed by atoms with Crippen LogP contribution in [0.3, 0.4) is 0 Å². The molecule has 3 nitrogen and oxygen atoms in total. The first-order valence-corrected chi connectivity index (χ1v) is 17.2. The molecule has 1 aliphatic carbocycles. The van der Waals surface area contributed by atoms with Gasteiger partial charge in [-0.25, -0.2) is 0 Å². The molecule has 0 fully saturated rings. The van der Waals surface area contributed by atoms with Gasteiger partial charge in [0.1, 0.15) is 0 Å². The predicted octanol–water partition coefficient (Wildman–Crippen LogP) is 11.8. The molecule has 0 N–H and O–H groups in total. The molecule has 0 atom stereocenters. The molecule has 11 rings (SSSR count). The molecular formula is C46H33N3. The van der Waals surface area contributed by atoms with Crippen LogP contribution < -0.4 is 0 Å². The first kappa shape index (κ1) is 26.9. The summed E-state index contributed by atoms with van der Waals surface area (Å²) in [5, 5.41) is 7.81. The summed E-state index contributed by atoms with van der Waals surface area (Å²) in [6, 6.07) is 54.0. The summed E-state index contributed by atoms with van der Waals surface area (Å²) in [6.45, 7) is 4.73. The van der Waals surface area contributed by atoms with Gasteiger partial charge in [0.25, 0.3) is 0 Å². The number of benzene rings is 7. The van der Waals surface area contributed by atoms with E-state index in [0.29, 0.717) is 0 Å². The number of hydrogen-bond acceptors (Lipinski definition) is 0. The van der Waals surface area contributed by atoms with Crippen molar-refractivity contribution < 1.29 is 0 Å². The number of nitrogens with zero attached hydrogens (tertiary/aromatic N) is 3. The fraction of sp³-hybridized carbons (Fsp3) is 0.0870. The second-order valence-electron chi connectivity index (χ2n) is 14.2. The average molecular weight is 628 g/mol. The highest BCUT2D eigenvalue weighted by molar-refractivity contribution is 6.28. The van der Waals surface area contributed by atoms with Crippen molar-refractivity contribution in [3.8, 4) is 22.5 Å². The Hall–Kier alpha value is -6.06. The van der Waals surface area contributed by atoms with Crippen LogP contribution in [0.2, 0.25) is 0 Å². The van der Waals surface area contributed by atoms with E-state index in [1.807, 2.05) is 0 Å². The maximum atomic E-state index is 2.48. The number of rotatable bonds is 2. The van der Waals surface area contributed by atoms with Crippen LogP contribution in [-0.4, -0.2) is 13.7 Å². The fourth-order valence-corrected chi connectivity index (χ4v) is 9.27. The summed E-state index contributed by atoms with van der Waals surface area (Å²) in [4.78, 5) is 0. The third kappa shape index (κ3) is 3.32. The van der Waals surface area contributed by atoms with Gasteiger partial charge in [-0.1, -0.05) is 105 Å². The van der Waals surface area contributed by atoms with Gasteiger partial charge in [0.2, 0.25) is 0 Å². The van der Waals surface area contributed by atoms with E-state index in [-0.39, 0.29) is 5.41 Å². The van der Waals surface area contributed by atoms with Crippen LogP contribution in [0.25, 0.3) is 87.9 Å². The minimum Gasteiger partial charge on any atom is -0.344 e. The summed E-state index contributed by atoms with van der Waals surface area (Å²) in [6.07, 6.45) is 0. The van der Waals surface area contributed by atoms with Crippen molar-refractivity contribution in [2.24, 2.45) is 7.05 Å². The Morgan fingerprint density at radius 2 is 1.00 bits per heavy atom. The van der Waals surface area contributed by atoms with Crippen LogP contribution in [0.1, 0.15) is 25.0 Å². The maximum Gasteiger partial charge on any atom is 0.0562 e. The van der Waals surface area contributed by atoms with Crippen LogP contribution in [-0.2, 0) is 12.5 Å². The maximum absolute atomic E-state index is 2.48. The summed E-state index contributed by atoms with van der Waals surface area (Å²) < 4.78 is 7.28. The van der Waals surface area contributed by atoms with Gasteiger partial charge in [0, 0.05) is 67.2 Å². The van der Waals surface area contributed by atoms with Crippen LogP contribution in [0.5, 0.6) is 0 Å². The molecule has 0 bridgehead atoms. The summed E-state index contributed by atoms with van der Waals surface area (Å²) in [5.74, 6) is 0. The zero-order chi connectivity index (χ0) is 32.6. The lowest BCUT2D eigenvalue weighted by Crippen LogP contribution is -2.14. The molecule has 7 aromatic carbocycles. The number of aryl methyl sites for hydroxylation is 1. The predicted molar refractivity (Wildman–Crippen MR) is 207 cm³/mol. The van der Waals surface area contributed by atoms with E-state index in [2.05, 4.69) is 180 Å². The molecule has 0 unspecified atom stereocenters. The molecule has 232 valence electrons. The van der Waals surface area contributed by atoms with Crippen molar-refractivity contribution in [2.45, 2.75) is 19.3 Å². The molecule has 0 spiro atoms. The Kier molecular flexibility index (Phi) is 5.11.